The van der Waals surface area contributed by atoms with Crippen LogP contribution in [0.5, 0.6) is 5.75 Å². The summed E-state index contributed by atoms with van der Waals surface area (Å²) in [6, 6.07) is 3.97. The Hall–Kier alpha value is 0.150. The van der Waals surface area contributed by atoms with Gasteiger partial charge in [0.1, 0.15) is 0 Å². The number of carbonyl (C=O) groups excluding carboxylic acids is 1. The highest BCUT2D eigenvalue weighted by molar-refractivity contribution is 14.1. The van der Waals surface area contributed by atoms with Gasteiger partial charge in [0.25, 0.3) is 0 Å². The number of rotatable bonds is 1. The molecule has 0 spiro atoms. The third kappa shape index (κ3) is 3.08. The standard InChI is InChI=1S/C9H8I2O2/c1-5-3-7(10)9(8(11)4-5)13-6(2)12/h3-4H,1-2H3. The summed E-state index contributed by atoms with van der Waals surface area (Å²) in [4.78, 5) is 10.8. The van der Waals surface area contributed by atoms with Gasteiger partial charge in [0.15, 0.2) is 5.75 Å². The minimum absolute atomic E-state index is 0.278. The maximum Gasteiger partial charge on any atom is 0.308 e. The third-order valence-corrected chi connectivity index (χ3v) is 2.99. The molecule has 0 saturated heterocycles. The molecule has 0 heterocycles. The molecule has 1 aromatic rings. The molecule has 0 unspecified atom stereocenters. The summed E-state index contributed by atoms with van der Waals surface area (Å²) in [6.45, 7) is 3.42. The molecule has 70 valence electrons. The van der Waals surface area contributed by atoms with Crippen molar-refractivity contribution in [2.75, 3.05) is 0 Å². The maximum atomic E-state index is 10.8. The minimum atomic E-state index is -0.278. The SMILES string of the molecule is CC(=O)Oc1c(I)cc(C)cc1I. The van der Waals surface area contributed by atoms with E-state index < -0.39 is 0 Å². The van der Waals surface area contributed by atoms with E-state index in [1.165, 1.54) is 12.5 Å². The van der Waals surface area contributed by atoms with E-state index in [1.807, 2.05) is 19.1 Å². The number of carbonyl (C=O) groups is 1. The Morgan fingerprint density at radius 2 is 1.77 bits per heavy atom. The lowest BCUT2D eigenvalue weighted by molar-refractivity contribution is -0.132. The fraction of sp³-hybridized carbons (Fsp3) is 0.222. The largest absolute Gasteiger partial charge is 0.424 e. The van der Waals surface area contributed by atoms with Crippen LogP contribution in [0.1, 0.15) is 12.5 Å². The smallest absolute Gasteiger partial charge is 0.308 e. The van der Waals surface area contributed by atoms with E-state index in [-0.39, 0.29) is 5.97 Å². The predicted molar refractivity (Wildman–Crippen MR) is 67.9 cm³/mol. The highest BCUT2D eigenvalue weighted by Gasteiger charge is 2.09. The average Bonchev–Trinajstić information content (AvgIpc) is 1.96. The van der Waals surface area contributed by atoms with Crippen molar-refractivity contribution in [3.05, 3.63) is 24.8 Å². The number of esters is 1. The van der Waals surface area contributed by atoms with Crippen LogP contribution in [0, 0.1) is 14.1 Å². The third-order valence-electron chi connectivity index (χ3n) is 1.39. The molecule has 4 heteroatoms. The van der Waals surface area contributed by atoms with Gasteiger partial charge in [0.2, 0.25) is 0 Å². The Bertz CT molecular complexity index is 324. The van der Waals surface area contributed by atoms with Crippen LogP contribution in [0.3, 0.4) is 0 Å². The van der Waals surface area contributed by atoms with Crippen LogP contribution in [0.2, 0.25) is 0 Å². The lowest BCUT2D eigenvalue weighted by Crippen LogP contribution is -2.04. The Labute approximate surface area is 104 Å². The van der Waals surface area contributed by atoms with Gasteiger partial charge in [-0.25, -0.2) is 0 Å². The van der Waals surface area contributed by atoms with E-state index in [4.69, 9.17) is 4.74 Å². The number of halogens is 2. The van der Waals surface area contributed by atoms with Crippen LogP contribution in [0.15, 0.2) is 12.1 Å². The van der Waals surface area contributed by atoms with Crippen molar-refractivity contribution in [3.63, 3.8) is 0 Å². The van der Waals surface area contributed by atoms with Crippen molar-refractivity contribution in [2.24, 2.45) is 0 Å². The summed E-state index contributed by atoms with van der Waals surface area (Å²) >= 11 is 4.33. The van der Waals surface area contributed by atoms with Gasteiger partial charge < -0.3 is 4.74 Å². The molecular formula is C9H8I2O2. The van der Waals surface area contributed by atoms with Gasteiger partial charge in [0.05, 0.1) is 7.14 Å². The molecule has 0 aliphatic heterocycles. The first-order chi connectivity index (χ1) is 6.00. The molecule has 0 aliphatic carbocycles. The molecule has 0 aromatic heterocycles. The predicted octanol–water partition coefficient (Wildman–Crippen LogP) is 3.13. The summed E-state index contributed by atoms with van der Waals surface area (Å²) in [7, 11) is 0. The molecular weight excluding hydrogens is 394 g/mol. The van der Waals surface area contributed by atoms with Gasteiger partial charge in [-0.1, -0.05) is 0 Å². The normalized spacial score (nSPS) is 9.85. The molecule has 0 radical (unpaired) electrons. The van der Waals surface area contributed by atoms with Crippen molar-refractivity contribution in [2.45, 2.75) is 13.8 Å². The van der Waals surface area contributed by atoms with E-state index in [0.29, 0.717) is 5.75 Å². The van der Waals surface area contributed by atoms with Gasteiger partial charge >= 0.3 is 5.97 Å². The minimum Gasteiger partial charge on any atom is -0.424 e. The molecule has 0 atom stereocenters. The molecule has 13 heavy (non-hydrogen) atoms. The zero-order valence-electron chi connectivity index (χ0n) is 7.23. The van der Waals surface area contributed by atoms with Crippen LogP contribution in [-0.4, -0.2) is 5.97 Å². The first-order valence-corrected chi connectivity index (χ1v) is 5.80. The topological polar surface area (TPSA) is 26.3 Å². The lowest BCUT2D eigenvalue weighted by atomic mass is 10.2. The second kappa shape index (κ2) is 4.59. The number of hydrogen-bond donors (Lipinski definition) is 0. The second-order valence-corrected chi connectivity index (χ2v) is 4.98. The maximum absolute atomic E-state index is 10.8. The molecule has 0 aliphatic rings. The van der Waals surface area contributed by atoms with Crippen LogP contribution in [0.25, 0.3) is 0 Å². The summed E-state index contributed by atoms with van der Waals surface area (Å²) in [5.41, 5.74) is 1.17. The molecule has 1 aromatic carbocycles. The summed E-state index contributed by atoms with van der Waals surface area (Å²) < 4.78 is 7.02. The van der Waals surface area contributed by atoms with Gasteiger partial charge in [-0.05, 0) is 69.8 Å². The van der Waals surface area contributed by atoms with E-state index >= 15 is 0 Å². The van der Waals surface area contributed by atoms with E-state index in [9.17, 15) is 4.79 Å². The Balaban J connectivity index is 3.13. The first kappa shape index (κ1) is 11.2. The van der Waals surface area contributed by atoms with Gasteiger partial charge in [-0.15, -0.1) is 0 Å². The van der Waals surface area contributed by atoms with E-state index in [0.717, 1.165) is 7.14 Å². The van der Waals surface area contributed by atoms with Crippen molar-refractivity contribution in [3.8, 4) is 5.75 Å². The number of ether oxygens (including phenoxy) is 1. The Kier molecular flexibility index (Phi) is 3.96. The molecule has 0 saturated carbocycles. The molecule has 2 nitrogen and oxygen atoms in total. The van der Waals surface area contributed by atoms with Crippen molar-refractivity contribution >= 4 is 51.2 Å². The fourth-order valence-corrected chi connectivity index (χ4v) is 3.23. The summed E-state index contributed by atoms with van der Waals surface area (Å²) in [5, 5.41) is 0. The lowest BCUT2D eigenvalue weighted by Gasteiger charge is -2.07. The monoisotopic (exact) mass is 402 g/mol. The first-order valence-electron chi connectivity index (χ1n) is 3.65. The summed E-state index contributed by atoms with van der Waals surface area (Å²) in [5.74, 6) is 0.388. The van der Waals surface area contributed by atoms with Gasteiger partial charge in [-0.2, -0.15) is 0 Å². The van der Waals surface area contributed by atoms with E-state index in [2.05, 4.69) is 45.2 Å². The second-order valence-electron chi connectivity index (χ2n) is 2.65. The highest BCUT2D eigenvalue weighted by Crippen LogP contribution is 2.28. The van der Waals surface area contributed by atoms with Crippen LogP contribution in [0.4, 0.5) is 0 Å². The van der Waals surface area contributed by atoms with Gasteiger partial charge in [-0.3, -0.25) is 4.79 Å². The van der Waals surface area contributed by atoms with E-state index in [1.54, 1.807) is 0 Å². The van der Waals surface area contributed by atoms with Crippen LogP contribution >= 0.6 is 45.2 Å². The highest BCUT2D eigenvalue weighted by atomic mass is 127. The Morgan fingerprint density at radius 3 is 2.15 bits per heavy atom. The molecule has 0 fully saturated rings. The van der Waals surface area contributed by atoms with Crippen LogP contribution < -0.4 is 4.74 Å². The molecule has 0 bridgehead atoms. The van der Waals surface area contributed by atoms with Crippen molar-refractivity contribution < 1.29 is 9.53 Å². The average molecular weight is 402 g/mol. The zero-order chi connectivity index (χ0) is 10.0. The summed E-state index contributed by atoms with van der Waals surface area (Å²) in [6.07, 6.45) is 0. The van der Waals surface area contributed by atoms with Crippen molar-refractivity contribution in [1.82, 2.24) is 0 Å². The fourth-order valence-electron chi connectivity index (χ4n) is 0.928. The zero-order valence-corrected chi connectivity index (χ0v) is 11.5. The van der Waals surface area contributed by atoms with Gasteiger partial charge in [0, 0.05) is 6.92 Å². The van der Waals surface area contributed by atoms with Crippen molar-refractivity contribution in [1.29, 1.82) is 0 Å². The molecule has 0 N–H and O–H groups in total. The molecule has 1 rings (SSSR count). The number of hydrogen-bond acceptors (Lipinski definition) is 2. The number of benzene rings is 1. The Morgan fingerprint density at radius 1 is 1.31 bits per heavy atom. The quantitative estimate of drug-likeness (QED) is 0.410. The number of aryl methyl sites for hydroxylation is 1. The van der Waals surface area contributed by atoms with Crippen LogP contribution in [-0.2, 0) is 4.79 Å². The molecule has 0 amide bonds.